The zero-order valence-corrected chi connectivity index (χ0v) is 39.5. The number of fused-ring (bicyclic) bond motifs is 14. The van der Waals surface area contributed by atoms with E-state index in [1.807, 2.05) is 35.3 Å². The number of phenolic OH excluding ortho intramolecular Hbond substituents is 3. The molecular formula is C50H64N4O12. The number of esters is 1. The van der Waals surface area contributed by atoms with E-state index < -0.39 is 88.8 Å². The summed E-state index contributed by atoms with van der Waals surface area (Å²) in [5.41, 5.74) is 0.655. The van der Waals surface area contributed by atoms with E-state index in [0.717, 1.165) is 5.69 Å². The van der Waals surface area contributed by atoms with Gasteiger partial charge in [0.05, 0.1) is 66.1 Å². The zero-order valence-electron chi connectivity index (χ0n) is 39.5. The molecule has 5 bridgehead atoms. The highest BCUT2D eigenvalue weighted by molar-refractivity contribution is 6.23. The summed E-state index contributed by atoms with van der Waals surface area (Å²) in [7, 11) is 1.44. The van der Waals surface area contributed by atoms with Gasteiger partial charge < -0.3 is 54.7 Å². The lowest BCUT2D eigenvalue weighted by molar-refractivity contribution is -0.160. The van der Waals surface area contributed by atoms with Crippen molar-refractivity contribution >= 4 is 46.0 Å². The van der Waals surface area contributed by atoms with E-state index in [1.165, 1.54) is 59.4 Å². The number of benzene rings is 3. The number of methoxy groups -OCH3 is 1. The van der Waals surface area contributed by atoms with E-state index in [1.54, 1.807) is 39.8 Å². The Labute approximate surface area is 385 Å². The summed E-state index contributed by atoms with van der Waals surface area (Å²) in [5.74, 6) is -8.47. The Morgan fingerprint density at radius 2 is 1.55 bits per heavy atom. The number of Topliss-reactive ketones (excluding diaryl/α,β-unsaturated/α-hetero) is 1. The summed E-state index contributed by atoms with van der Waals surface area (Å²) in [5, 5.41) is 67.9. The SMILES string of the molecule is COC1C=COC2(C)Oc3c(C)c(O)c4c(O)c(c(/C=N/N5CC(C)N(c6ccccc6)C(C)C5)c(O)c4c3C2=O)NC(=O)C(C)=CC=CC(C)C(O)C(C)C(O)C(C)C(OC(C)=O)C1C. The highest BCUT2D eigenvalue weighted by atomic mass is 16.7. The maximum Gasteiger partial charge on any atom is 0.312 e. The van der Waals surface area contributed by atoms with Gasteiger partial charge in [-0.1, -0.05) is 64.1 Å². The molecule has 3 aromatic rings. The van der Waals surface area contributed by atoms with Crippen LogP contribution in [0.25, 0.3) is 10.8 Å². The monoisotopic (exact) mass is 912 g/mol. The zero-order chi connectivity index (χ0) is 48.5. The molecule has 11 atom stereocenters. The summed E-state index contributed by atoms with van der Waals surface area (Å²) in [6, 6.07) is 10.0. The molecule has 1 saturated heterocycles. The molecule has 0 spiro atoms. The van der Waals surface area contributed by atoms with Crippen molar-refractivity contribution in [2.24, 2.45) is 28.8 Å². The average molecular weight is 913 g/mol. The molecule has 356 valence electrons. The van der Waals surface area contributed by atoms with Gasteiger partial charge >= 0.3 is 11.8 Å². The number of aromatic hydroxyl groups is 3. The molecular weight excluding hydrogens is 849 g/mol. The number of ketones is 1. The van der Waals surface area contributed by atoms with Gasteiger partial charge in [0.15, 0.2) is 5.75 Å². The second-order valence-corrected chi connectivity index (χ2v) is 18.2. The lowest BCUT2D eigenvalue weighted by Crippen LogP contribution is -2.55. The van der Waals surface area contributed by atoms with E-state index in [2.05, 4.69) is 24.1 Å². The van der Waals surface area contributed by atoms with Crippen LogP contribution < -0.4 is 15.0 Å². The maximum absolute atomic E-state index is 14.6. The Hall–Kier alpha value is -6.10. The Balaban J connectivity index is 1.50. The van der Waals surface area contributed by atoms with Crippen LogP contribution in [0.2, 0.25) is 0 Å². The number of hydrazone groups is 1. The van der Waals surface area contributed by atoms with Crippen molar-refractivity contribution in [3.8, 4) is 23.0 Å². The third-order valence-corrected chi connectivity index (χ3v) is 13.3. The minimum atomic E-state index is -2.07. The van der Waals surface area contributed by atoms with Gasteiger partial charge in [-0.3, -0.25) is 19.4 Å². The first-order valence-corrected chi connectivity index (χ1v) is 22.3. The molecule has 0 aromatic heterocycles. The number of nitrogens with one attached hydrogen (secondary N) is 1. The number of carbonyl (C=O) groups excluding carboxylic acids is 3. The molecule has 0 aliphatic carbocycles. The fourth-order valence-electron chi connectivity index (χ4n) is 9.51. The topological polar surface area (TPSA) is 220 Å². The molecule has 3 aromatic carbocycles. The summed E-state index contributed by atoms with van der Waals surface area (Å²) >= 11 is 0. The first-order chi connectivity index (χ1) is 31.1. The fraction of sp³-hybridized carbons (Fsp3) is 0.480. The van der Waals surface area contributed by atoms with Crippen molar-refractivity contribution < 1.29 is 58.9 Å². The van der Waals surface area contributed by atoms with Crippen LogP contribution in [0.3, 0.4) is 0 Å². The normalized spacial score (nSPS) is 30.1. The Morgan fingerprint density at radius 1 is 0.894 bits per heavy atom. The minimum absolute atomic E-state index is 0.0118. The first-order valence-electron chi connectivity index (χ1n) is 22.3. The van der Waals surface area contributed by atoms with Gasteiger partial charge in [0.25, 0.3) is 11.7 Å². The molecule has 1 fully saturated rings. The number of piperazine rings is 1. The third-order valence-electron chi connectivity index (χ3n) is 13.3. The van der Waals surface area contributed by atoms with Crippen LogP contribution in [0.4, 0.5) is 11.4 Å². The second-order valence-electron chi connectivity index (χ2n) is 18.2. The summed E-state index contributed by atoms with van der Waals surface area (Å²) in [4.78, 5) is 43.3. The van der Waals surface area contributed by atoms with E-state index in [0.29, 0.717) is 13.1 Å². The van der Waals surface area contributed by atoms with Crippen molar-refractivity contribution in [1.29, 1.82) is 0 Å². The number of carbonyl (C=O) groups is 3. The number of amides is 1. The number of aliphatic hydroxyl groups excluding tert-OH is 2. The minimum Gasteiger partial charge on any atom is -0.507 e. The van der Waals surface area contributed by atoms with Crippen LogP contribution in [0.5, 0.6) is 23.0 Å². The van der Waals surface area contributed by atoms with Crippen LogP contribution in [-0.2, 0) is 23.8 Å². The fourth-order valence-corrected chi connectivity index (χ4v) is 9.51. The Morgan fingerprint density at radius 3 is 2.17 bits per heavy atom. The van der Waals surface area contributed by atoms with Crippen LogP contribution in [0.1, 0.15) is 83.8 Å². The Bertz CT molecular complexity index is 2440. The van der Waals surface area contributed by atoms with E-state index in [4.69, 9.17) is 24.0 Å². The Kier molecular flexibility index (Phi) is 14.8. The quantitative estimate of drug-likeness (QED) is 0.0681. The number of hydrogen-bond donors (Lipinski definition) is 6. The van der Waals surface area contributed by atoms with Crippen molar-refractivity contribution in [3.05, 3.63) is 83.2 Å². The number of phenols is 3. The molecule has 6 N–H and O–H groups in total. The largest absolute Gasteiger partial charge is 0.507 e. The molecule has 0 radical (unpaired) electrons. The van der Waals surface area contributed by atoms with E-state index >= 15 is 0 Å². The third kappa shape index (κ3) is 9.44. The number of rotatable bonds is 5. The number of aliphatic hydroxyl groups is 2. The van der Waals surface area contributed by atoms with Gasteiger partial charge in [-0.05, 0) is 45.9 Å². The van der Waals surface area contributed by atoms with Gasteiger partial charge in [0, 0.05) is 78.9 Å². The second kappa shape index (κ2) is 19.8. The number of anilines is 2. The smallest absolute Gasteiger partial charge is 0.312 e. The van der Waals surface area contributed by atoms with Crippen molar-refractivity contribution in [2.45, 2.75) is 112 Å². The molecule has 11 unspecified atom stereocenters. The summed E-state index contributed by atoms with van der Waals surface area (Å²) in [6.45, 7) is 17.7. The van der Waals surface area contributed by atoms with Crippen LogP contribution in [0.15, 0.2) is 71.6 Å². The average Bonchev–Trinajstić information content (AvgIpc) is 3.54. The van der Waals surface area contributed by atoms with Gasteiger partial charge in [-0.15, -0.1) is 0 Å². The van der Waals surface area contributed by atoms with Crippen LogP contribution in [-0.4, -0.2) is 117 Å². The highest BCUT2D eigenvalue weighted by Gasteiger charge is 2.50. The summed E-state index contributed by atoms with van der Waals surface area (Å²) < 4.78 is 23.8. The standard InChI is InChI=1S/C50H64N4O12/c1-25-16-15-17-26(2)49(62)52-40-35(22-51-53-23-27(3)54(28(4)24-53)34-18-13-12-14-19-34)44(59)37-38(45(40)60)43(58)32(8)47-39(37)48(61)50(10,66-47)64-21-20-36(63-11)29(5)46(65-33(9)55)31(7)42(57)30(6)41(25)56/h12-22,25,27-31,36,41-42,46,56-60H,23-24H2,1-11H3,(H,52,62)/b16-15?,21-20?,26-17?,51-22+. The lowest BCUT2D eigenvalue weighted by atomic mass is 9.78. The number of ether oxygens (including phenoxy) is 4. The molecule has 7 rings (SSSR count). The molecule has 4 aliphatic heterocycles. The molecule has 0 saturated carbocycles. The lowest BCUT2D eigenvalue weighted by Gasteiger charge is -2.44. The molecule has 66 heavy (non-hydrogen) atoms. The molecule has 4 aliphatic rings. The number of allylic oxidation sites excluding steroid dienone is 2. The van der Waals surface area contributed by atoms with Crippen molar-refractivity contribution in [2.75, 3.05) is 30.4 Å². The van der Waals surface area contributed by atoms with Crippen LogP contribution >= 0.6 is 0 Å². The number of para-hydroxylation sites is 1. The number of hydrogen-bond acceptors (Lipinski definition) is 15. The highest BCUT2D eigenvalue weighted by Crippen LogP contribution is 2.55. The van der Waals surface area contributed by atoms with E-state index in [9.17, 15) is 39.9 Å². The van der Waals surface area contributed by atoms with Crippen molar-refractivity contribution in [3.63, 3.8) is 0 Å². The van der Waals surface area contributed by atoms with Gasteiger partial charge in [-0.25, -0.2) is 0 Å². The predicted molar refractivity (Wildman–Crippen MR) is 251 cm³/mol. The summed E-state index contributed by atoms with van der Waals surface area (Å²) in [6.07, 6.45) is 4.86. The van der Waals surface area contributed by atoms with Gasteiger partial charge in [-0.2, -0.15) is 5.10 Å². The molecule has 16 heteroatoms. The van der Waals surface area contributed by atoms with Gasteiger partial charge in [0.1, 0.15) is 23.4 Å². The maximum atomic E-state index is 14.6. The molecule has 16 nitrogen and oxygen atoms in total. The van der Waals surface area contributed by atoms with E-state index in [-0.39, 0.29) is 56.6 Å². The molecule has 1 amide bonds. The number of nitrogens with zero attached hydrogens (tertiary/aromatic N) is 3. The van der Waals surface area contributed by atoms with Crippen LogP contribution in [0, 0.1) is 30.6 Å². The van der Waals surface area contributed by atoms with Crippen molar-refractivity contribution in [1.82, 2.24) is 5.01 Å². The predicted octanol–water partition coefficient (Wildman–Crippen LogP) is 6.69. The van der Waals surface area contributed by atoms with Gasteiger partial charge in [0.2, 0.25) is 0 Å². The first kappa shape index (κ1) is 49.3. The molecule has 4 heterocycles.